The first-order valence-corrected chi connectivity index (χ1v) is 7.45. The van der Waals surface area contributed by atoms with Crippen LogP contribution >= 0.6 is 34.0 Å². The molecular weight excluding hydrogens is 283 g/mol. The fraction of sp³-hybridized carbons (Fsp3) is 0.400. The Balaban J connectivity index is 2.68. The van der Waals surface area contributed by atoms with Gasteiger partial charge in [0, 0.05) is 11.6 Å². The molecular formula is C10H16Cl2N2O2S. The third-order valence-corrected chi connectivity index (χ3v) is 4.37. The summed E-state index contributed by atoms with van der Waals surface area (Å²) >= 11 is 11.7. The lowest BCUT2D eigenvalue weighted by Crippen LogP contribution is -2.22. The summed E-state index contributed by atoms with van der Waals surface area (Å²) < 4.78 is 22.5. The first kappa shape index (κ1) is 15.0. The molecule has 0 saturated heterocycles. The zero-order chi connectivity index (χ0) is 12.9. The maximum atomic E-state index is 9.93. The van der Waals surface area contributed by atoms with Gasteiger partial charge in [0.15, 0.2) is 0 Å². The Labute approximate surface area is 113 Å². The molecule has 0 unspecified atom stereocenters. The smallest absolute Gasteiger partial charge is 0.0937 e. The van der Waals surface area contributed by atoms with Crippen molar-refractivity contribution in [3.05, 3.63) is 28.2 Å². The van der Waals surface area contributed by atoms with Crippen molar-refractivity contribution < 1.29 is 9.11 Å². The lowest BCUT2D eigenvalue weighted by molar-refractivity contribution is 0.468. The molecule has 0 amide bonds. The Morgan fingerprint density at radius 2 is 1.94 bits per heavy atom. The Hall–Kier alpha value is -0.0100. The third-order valence-electron chi connectivity index (χ3n) is 2.13. The van der Waals surface area contributed by atoms with Crippen LogP contribution in [0.25, 0.3) is 0 Å². The van der Waals surface area contributed by atoms with E-state index in [-0.39, 0.29) is 9.92 Å². The molecule has 0 aliphatic carbocycles. The van der Waals surface area contributed by atoms with Crippen LogP contribution in [0.3, 0.4) is 0 Å². The van der Waals surface area contributed by atoms with Gasteiger partial charge in [-0.05, 0) is 37.6 Å². The Kier molecular flexibility index (Phi) is 6.02. The second-order valence-electron chi connectivity index (χ2n) is 3.51. The number of unbranched alkanes of at least 4 members (excludes halogenated alkanes) is 1. The molecule has 5 N–H and O–H groups in total. The van der Waals surface area contributed by atoms with Crippen LogP contribution < -0.4 is 10.5 Å². The van der Waals surface area contributed by atoms with Crippen LogP contribution in [0.5, 0.6) is 0 Å². The molecule has 0 aliphatic heterocycles. The van der Waals surface area contributed by atoms with Gasteiger partial charge in [-0.3, -0.25) is 9.11 Å². The quantitative estimate of drug-likeness (QED) is 0.607. The van der Waals surface area contributed by atoms with Gasteiger partial charge in [0.05, 0.1) is 9.92 Å². The molecule has 0 bridgehead atoms. The SMILES string of the molecule is NCCCCNS(O)(O)c1ccc(Cl)cc1Cl. The van der Waals surface area contributed by atoms with E-state index in [9.17, 15) is 9.11 Å². The second kappa shape index (κ2) is 6.80. The highest BCUT2D eigenvalue weighted by Gasteiger charge is 2.18. The van der Waals surface area contributed by atoms with E-state index in [1.54, 1.807) is 6.07 Å². The van der Waals surface area contributed by atoms with Crippen LogP contribution in [0.2, 0.25) is 10.0 Å². The molecule has 1 rings (SSSR count). The predicted octanol–water partition coefficient (Wildman–Crippen LogP) is 3.35. The van der Waals surface area contributed by atoms with Crippen LogP contribution in [0.1, 0.15) is 12.8 Å². The van der Waals surface area contributed by atoms with Crippen LogP contribution in [-0.2, 0) is 0 Å². The summed E-state index contributed by atoms with van der Waals surface area (Å²) in [6.45, 7) is 1.06. The summed E-state index contributed by atoms with van der Waals surface area (Å²) in [6, 6.07) is 4.56. The molecule has 0 heterocycles. The van der Waals surface area contributed by atoms with Gasteiger partial charge in [0.1, 0.15) is 0 Å². The fourth-order valence-corrected chi connectivity index (χ4v) is 3.17. The Morgan fingerprint density at radius 3 is 2.53 bits per heavy atom. The maximum absolute atomic E-state index is 9.93. The van der Waals surface area contributed by atoms with Gasteiger partial charge in [-0.1, -0.05) is 23.2 Å². The molecule has 0 aromatic heterocycles. The van der Waals surface area contributed by atoms with Crippen molar-refractivity contribution in [2.75, 3.05) is 13.1 Å². The number of benzene rings is 1. The van der Waals surface area contributed by atoms with Crippen LogP contribution in [-0.4, -0.2) is 22.2 Å². The van der Waals surface area contributed by atoms with E-state index in [1.165, 1.54) is 12.1 Å². The van der Waals surface area contributed by atoms with Crippen LogP contribution in [0.4, 0.5) is 0 Å². The molecule has 98 valence electrons. The van der Waals surface area contributed by atoms with E-state index >= 15 is 0 Å². The number of halogens is 2. The summed E-state index contributed by atoms with van der Waals surface area (Å²) in [5.41, 5.74) is 5.35. The maximum Gasteiger partial charge on any atom is 0.0937 e. The Bertz CT molecular complexity index is 377. The van der Waals surface area contributed by atoms with E-state index < -0.39 is 10.8 Å². The highest BCUT2D eigenvalue weighted by Crippen LogP contribution is 2.47. The number of nitrogens with two attached hydrogens (primary N) is 1. The fourth-order valence-electron chi connectivity index (χ4n) is 1.27. The zero-order valence-electron chi connectivity index (χ0n) is 9.20. The molecule has 1 aromatic carbocycles. The van der Waals surface area contributed by atoms with Gasteiger partial charge < -0.3 is 5.73 Å². The van der Waals surface area contributed by atoms with E-state index in [1.807, 2.05) is 0 Å². The molecule has 0 aliphatic rings. The summed E-state index contributed by atoms with van der Waals surface area (Å²) in [4.78, 5) is 0.260. The van der Waals surface area contributed by atoms with Gasteiger partial charge >= 0.3 is 0 Å². The molecule has 0 spiro atoms. The van der Waals surface area contributed by atoms with E-state index in [0.29, 0.717) is 18.1 Å². The topological polar surface area (TPSA) is 78.5 Å². The molecule has 1 aromatic rings. The molecule has 17 heavy (non-hydrogen) atoms. The summed E-state index contributed by atoms with van der Waals surface area (Å²) in [5.74, 6) is 0. The average molecular weight is 299 g/mol. The van der Waals surface area contributed by atoms with Crippen molar-refractivity contribution in [2.24, 2.45) is 5.73 Å². The normalized spacial score (nSPS) is 12.8. The molecule has 0 saturated carbocycles. The van der Waals surface area contributed by atoms with Crippen LogP contribution in [0.15, 0.2) is 23.1 Å². The highest BCUT2D eigenvalue weighted by atomic mass is 35.5. The van der Waals surface area contributed by atoms with Crippen LogP contribution in [0, 0.1) is 0 Å². The van der Waals surface area contributed by atoms with Gasteiger partial charge in [-0.15, -0.1) is 10.8 Å². The van der Waals surface area contributed by atoms with E-state index in [4.69, 9.17) is 28.9 Å². The number of nitrogens with one attached hydrogen (secondary N) is 1. The predicted molar refractivity (Wildman–Crippen MR) is 73.9 cm³/mol. The van der Waals surface area contributed by atoms with Crippen molar-refractivity contribution in [1.82, 2.24) is 4.72 Å². The van der Waals surface area contributed by atoms with Crippen molar-refractivity contribution in [2.45, 2.75) is 17.7 Å². The minimum Gasteiger partial charge on any atom is -0.330 e. The molecule has 0 radical (unpaired) electrons. The molecule has 0 atom stereocenters. The summed E-state index contributed by atoms with van der Waals surface area (Å²) in [7, 11) is -3.07. The molecule has 0 fully saturated rings. The largest absolute Gasteiger partial charge is 0.330 e. The first-order valence-electron chi connectivity index (χ1n) is 5.15. The zero-order valence-corrected chi connectivity index (χ0v) is 11.5. The van der Waals surface area contributed by atoms with Gasteiger partial charge in [0.2, 0.25) is 0 Å². The summed E-state index contributed by atoms with van der Waals surface area (Å²) in [6.07, 6.45) is 1.61. The van der Waals surface area contributed by atoms with E-state index in [2.05, 4.69) is 4.72 Å². The molecule has 4 nitrogen and oxygen atoms in total. The lowest BCUT2D eigenvalue weighted by Gasteiger charge is -2.33. The number of rotatable bonds is 6. The van der Waals surface area contributed by atoms with Crippen molar-refractivity contribution in [3.8, 4) is 0 Å². The summed E-state index contributed by atoms with van der Waals surface area (Å²) in [5, 5.41) is 0.695. The standard InChI is InChI=1S/C10H16Cl2N2O2S/c11-8-3-4-10(9(12)7-8)17(15,16)14-6-2-1-5-13/h3-4,7,14-16H,1-2,5-6,13H2. The minimum absolute atomic E-state index is 0.240. The van der Waals surface area contributed by atoms with Gasteiger partial charge in [0.25, 0.3) is 0 Å². The first-order chi connectivity index (χ1) is 7.97. The second-order valence-corrected chi connectivity index (χ2v) is 6.18. The monoisotopic (exact) mass is 298 g/mol. The van der Waals surface area contributed by atoms with E-state index in [0.717, 1.165) is 12.8 Å². The average Bonchev–Trinajstić information content (AvgIpc) is 2.24. The van der Waals surface area contributed by atoms with Crippen molar-refractivity contribution >= 4 is 34.0 Å². The van der Waals surface area contributed by atoms with Crippen molar-refractivity contribution in [3.63, 3.8) is 0 Å². The lowest BCUT2D eigenvalue weighted by atomic mass is 10.3. The highest BCUT2D eigenvalue weighted by molar-refractivity contribution is 8.22. The van der Waals surface area contributed by atoms with Gasteiger partial charge in [-0.25, -0.2) is 4.72 Å². The molecule has 7 heteroatoms. The van der Waals surface area contributed by atoms with Crippen molar-refractivity contribution in [1.29, 1.82) is 0 Å². The minimum atomic E-state index is -3.07. The van der Waals surface area contributed by atoms with Gasteiger partial charge in [-0.2, -0.15) is 0 Å². The number of hydrogen-bond acceptors (Lipinski definition) is 4. The number of hydrogen-bond donors (Lipinski definition) is 4. The Morgan fingerprint density at radius 1 is 1.24 bits per heavy atom. The third kappa shape index (κ3) is 4.63.